The number of hydrogen-bond acceptors (Lipinski definition) is 4. The molecule has 0 aliphatic carbocycles. The van der Waals surface area contributed by atoms with Gasteiger partial charge < -0.3 is 10.2 Å². The number of anilines is 1. The van der Waals surface area contributed by atoms with Crippen molar-refractivity contribution in [2.24, 2.45) is 0 Å². The minimum Gasteiger partial charge on any atom is -0.352 e. The molecule has 208 valence electrons. The van der Waals surface area contributed by atoms with Crippen molar-refractivity contribution in [3.63, 3.8) is 0 Å². The first-order valence-electron chi connectivity index (χ1n) is 12.3. The molecule has 3 rings (SSSR count). The summed E-state index contributed by atoms with van der Waals surface area (Å²) in [5.74, 6) is -1.02. The van der Waals surface area contributed by atoms with E-state index in [4.69, 9.17) is 34.8 Å². The van der Waals surface area contributed by atoms with Crippen LogP contribution >= 0.6 is 34.8 Å². The summed E-state index contributed by atoms with van der Waals surface area (Å²) in [6.07, 6.45) is 0.695. The number of carbonyl (C=O) groups excluding carboxylic acids is 2. The number of sulfonamides is 1. The molecule has 0 aliphatic heterocycles. The number of halogens is 3. The number of nitrogens with one attached hydrogen (secondary N) is 1. The fourth-order valence-electron chi connectivity index (χ4n) is 3.78. The molecule has 7 nitrogen and oxygen atoms in total. The van der Waals surface area contributed by atoms with Crippen LogP contribution in [0.3, 0.4) is 0 Å². The van der Waals surface area contributed by atoms with Gasteiger partial charge in [-0.05, 0) is 62.7 Å². The molecule has 2 atom stereocenters. The Labute approximate surface area is 244 Å². The molecule has 0 spiro atoms. The van der Waals surface area contributed by atoms with Gasteiger partial charge in [-0.2, -0.15) is 0 Å². The zero-order valence-corrected chi connectivity index (χ0v) is 24.9. The summed E-state index contributed by atoms with van der Waals surface area (Å²) >= 11 is 19.0. The van der Waals surface area contributed by atoms with E-state index >= 15 is 0 Å². The van der Waals surface area contributed by atoms with E-state index < -0.39 is 28.5 Å². The second-order valence-electron chi connectivity index (χ2n) is 9.02. The maximum absolute atomic E-state index is 13.9. The summed E-state index contributed by atoms with van der Waals surface area (Å²) in [6, 6.07) is 17.8. The lowest BCUT2D eigenvalue weighted by atomic mass is 10.1. The summed E-state index contributed by atoms with van der Waals surface area (Å²) in [5.41, 5.74) is 0.643. The molecule has 0 aliphatic rings. The van der Waals surface area contributed by atoms with E-state index in [0.29, 0.717) is 27.1 Å². The number of nitrogens with zero attached hydrogens (tertiary/aromatic N) is 2. The van der Waals surface area contributed by atoms with E-state index in [2.05, 4.69) is 5.32 Å². The van der Waals surface area contributed by atoms with Crippen LogP contribution in [-0.2, 0) is 26.2 Å². The predicted molar refractivity (Wildman–Crippen MR) is 157 cm³/mol. The lowest BCUT2D eigenvalue weighted by Gasteiger charge is -2.32. The van der Waals surface area contributed by atoms with Crippen molar-refractivity contribution in [2.45, 2.75) is 50.7 Å². The average molecular weight is 611 g/mol. The highest BCUT2D eigenvalue weighted by atomic mass is 35.5. The van der Waals surface area contributed by atoms with Gasteiger partial charge in [0.1, 0.15) is 12.6 Å². The van der Waals surface area contributed by atoms with Gasteiger partial charge in [-0.25, -0.2) is 8.42 Å². The zero-order valence-electron chi connectivity index (χ0n) is 21.8. The standard InChI is InChI=1S/C28H30Cl3N3O4S/c1-4-19(2)32-28(36)20(3)33(17-24-25(30)14-9-15-26(24)31)27(35)18-34(22-11-8-10-21(29)16-22)39(37,38)23-12-6-5-7-13-23/h5-16,19-20H,4,17-18H2,1-3H3,(H,32,36). The maximum atomic E-state index is 13.9. The van der Waals surface area contributed by atoms with Crippen LogP contribution in [0.4, 0.5) is 5.69 Å². The largest absolute Gasteiger partial charge is 0.352 e. The van der Waals surface area contributed by atoms with Crippen molar-refractivity contribution >= 4 is 62.3 Å². The maximum Gasteiger partial charge on any atom is 0.264 e. The summed E-state index contributed by atoms with van der Waals surface area (Å²) in [4.78, 5) is 28.3. The van der Waals surface area contributed by atoms with Gasteiger partial charge in [-0.1, -0.05) is 72.1 Å². The van der Waals surface area contributed by atoms with Gasteiger partial charge in [-0.15, -0.1) is 0 Å². The van der Waals surface area contributed by atoms with Gasteiger partial charge in [0.2, 0.25) is 11.8 Å². The van der Waals surface area contributed by atoms with Crippen molar-refractivity contribution < 1.29 is 18.0 Å². The van der Waals surface area contributed by atoms with Gasteiger partial charge in [0, 0.05) is 33.2 Å². The Morgan fingerprint density at radius 1 is 0.897 bits per heavy atom. The van der Waals surface area contributed by atoms with Crippen LogP contribution in [0.5, 0.6) is 0 Å². The van der Waals surface area contributed by atoms with Crippen LogP contribution in [0.25, 0.3) is 0 Å². The smallest absolute Gasteiger partial charge is 0.264 e. The molecule has 0 saturated heterocycles. The lowest BCUT2D eigenvalue weighted by Crippen LogP contribution is -2.52. The Morgan fingerprint density at radius 2 is 1.51 bits per heavy atom. The topological polar surface area (TPSA) is 86.8 Å². The van der Waals surface area contributed by atoms with Gasteiger partial charge in [-0.3, -0.25) is 13.9 Å². The monoisotopic (exact) mass is 609 g/mol. The highest BCUT2D eigenvalue weighted by molar-refractivity contribution is 7.92. The molecule has 2 amide bonds. The first kappa shape index (κ1) is 30.8. The van der Waals surface area contributed by atoms with Crippen molar-refractivity contribution in [2.75, 3.05) is 10.8 Å². The molecule has 3 aromatic rings. The number of carbonyl (C=O) groups is 2. The van der Waals surface area contributed by atoms with Crippen LogP contribution in [-0.4, -0.2) is 43.8 Å². The third-order valence-corrected chi connectivity index (χ3v) is 9.00. The second-order valence-corrected chi connectivity index (χ2v) is 12.1. The van der Waals surface area contributed by atoms with Crippen molar-refractivity contribution in [3.05, 3.63) is 93.4 Å². The van der Waals surface area contributed by atoms with E-state index in [1.165, 1.54) is 23.1 Å². The van der Waals surface area contributed by atoms with Crippen LogP contribution in [0.2, 0.25) is 15.1 Å². The van der Waals surface area contributed by atoms with Crippen molar-refractivity contribution in [1.29, 1.82) is 0 Å². The minimum atomic E-state index is -4.18. The molecule has 0 radical (unpaired) electrons. The molecular formula is C28H30Cl3N3O4S. The molecule has 0 fully saturated rings. The van der Waals surface area contributed by atoms with Crippen LogP contribution in [0.15, 0.2) is 77.7 Å². The first-order valence-corrected chi connectivity index (χ1v) is 14.9. The fraction of sp³-hybridized carbons (Fsp3) is 0.286. The zero-order chi connectivity index (χ0) is 28.7. The molecule has 1 N–H and O–H groups in total. The van der Waals surface area contributed by atoms with Gasteiger partial charge >= 0.3 is 0 Å². The Hall–Kier alpha value is -2.78. The van der Waals surface area contributed by atoms with Gasteiger partial charge in [0.15, 0.2) is 0 Å². The molecule has 11 heteroatoms. The summed E-state index contributed by atoms with van der Waals surface area (Å²) in [7, 11) is -4.18. The second kappa shape index (κ2) is 13.5. The molecule has 3 aromatic carbocycles. The number of benzene rings is 3. The number of rotatable bonds is 11. The fourth-order valence-corrected chi connectivity index (χ4v) is 5.91. The van der Waals surface area contributed by atoms with E-state index in [-0.39, 0.29) is 29.1 Å². The Bertz CT molecular complexity index is 1400. The normalized spacial score (nSPS) is 12.9. The highest BCUT2D eigenvalue weighted by Gasteiger charge is 2.33. The molecule has 39 heavy (non-hydrogen) atoms. The van der Waals surface area contributed by atoms with E-state index in [9.17, 15) is 18.0 Å². The average Bonchev–Trinajstić information content (AvgIpc) is 2.91. The predicted octanol–water partition coefficient (Wildman–Crippen LogP) is 6.17. The summed E-state index contributed by atoms with van der Waals surface area (Å²) in [5, 5.41) is 3.82. The first-order chi connectivity index (χ1) is 18.4. The van der Waals surface area contributed by atoms with E-state index in [0.717, 1.165) is 4.31 Å². The third kappa shape index (κ3) is 7.66. The SMILES string of the molecule is CCC(C)NC(=O)C(C)N(Cc1c(Cl)cccc1Cl)C(=O)CN(c1cccc(Cl)c1)S(=O)(=O)c1ccccc1. The molecule has 2 unspecified atom stereocenters. The van der Waals surface area contributed by atoms with E-state index in [1.54, 1.807) is 61.5 Å². The van der Waals surface area contributed by atoms with Crippen molar-refractivity contribution in [3.8, 4) is 0 Å². The molecule has 0 bridgehead atoms. The lowest BCUT2D eigenvalue weighted by molar-refractivity contribution is -0.139. The Morgan fingerprint density at radius 3 is 2.10 bits per heavy atom. The van der Waals surface area contributed by atoms with Gasteiger partial charge in [0.05, 0.1) is 10.6 Å². The van der Waals surface area contributed by atoms with Crippen LogP contribution < -0.4 is 9.62 Å². The third-order valence-electron chi connectivity index (χ3n) is 6.26. The summed E-state index contributed by atoms with van der Waals surface area (Å²) in [6.45, 7) is 4.66. The van der Waals surface area contributed by atoms with Crippen molar-refractivity contribution in [1.82, 2.24) is 10.2 Å². The molecule has 0 saturated carbocycles. The van der Waals surface area contributed by atoms with E-state index in [1.807, 2.05) is 13.8 Å². The number of hydrogen-bond donors (Lipinski definition) is 1. The van der Waals surface area contributed by atoms with Gasteiger partial charge in [0.25, 0.3) is 10.0 Å². The number of amides is 2. The van der Waals surface area contributed by atoms with Crippen LogP contribution in [0.1, 0.15) is 32.8 Å². The quantitative estimate of drug-likeness (QED) is 0.281. The molecule has 0 heterocycles. The minimum absolute atomic E-state index is 0.000959. The molecule has 0 aromatic heterocycles. The van der Waals surface area contributed by atoms with Crippen LogP contribution in [0, 0.1) is 0 Å². The molecular weight excluding hydrogens is 581 g/mol. The highest BCUT2D eigenvalue weighted by Crippen LogP contribution is 2.29. The Kier molecular flexibility index (Phi) is 10.7. The Balaban J connectivity index is 2.06. The summed E-state index contributed by atoms with van der Waals surface area (Å²) < 4.78 is 28.5.